The first kappa shape index (κ1) is 17.0. The fraction of sp³-hybridized carbons (Fsp3) is 0.300. The number of anilines is 1. The highest BCUT2D eigenvalue weighted by Crippen LogP contribution is 2.29. The Balaban J connectivity index is 1.63. The number of amides is 3. The van der Waals surface area contributed by atoms with Gasteiger partial charge in [0.05, 0.1) is 0 Å². The van der Waals surface area contributed by atoms with Crippen LogP contribution in [0, 0.1) is 13.8 Å². The highest BCUT2D eigenvalue weighted by atomic mass is 16.2. The van der Waals surface area contributed by atoms with E-state index in [4.69, 9.17) is 5.73 Å². The maximum absolute atomic E-state index is 12.5. The molecule has 0 radical (unpaired) electrons. The minimum absolute atomic E-state index is 0.112. The zero-order valence-corrected chi connectivity index (χ0v) is 14.6. The van der Waals surface area contributed by atoms with Gasteiger partial charge in [0.15, 0.2) is 0 Å². The summed E-state index contributed by atoms with van der Waals surface area (Å²) in [4.78, 5) is 25.4. The second-order valence-corrected chi connectivity index (χ2v) is 6.72. The van der Waals surface area contributed by atoms with Crippen molar-refractivity contribution in [1.82, 2.24) is 4.90 Å². The van der Waals surface area contributed by atoms with Crippen LogP contribution >= 0.6 is 0 Å². The number of primary amides is 1. The van der Waals surface area contributed by atoms with E-state index in [2.05, 4.69) is 37.4 Å². The van der Waals surface area contributed by atoms with Crippen molar-refractivity contribution in [3.63, 3.8) is 0 Å². The molecule has 1 saturated heterocycles. The Kier molecular flexibility index (Phi) is 4.74. The number of hydrogen-bond donors (Lipinski definition) is 2. The Morgan fingerprint density at radius 2 is 1.72 bits per heavy atom. The van der Waals surface area contributed by atoms with Crippen LogP contribution < -0.4 is 11.1 Å². The molecule has 3 N–H and O–H groups in total. The molecular weight excluding hydrogens is 314 g/mol. The number of rotatable bonds is 3. The number of urea groups is 1. The molecule has 0 saturated carbocycles. The lowest BCUT2D eigenvalue weighted by Crippen LogP contribution is -2.32. The first-order valence-electron chi connectivity index (χ1n) is 8.46. The number of carbonyl (C=O) groups is 2. The first-order chi connectivity index (χ1) is 11.9. The summed E-state index contributed by atoms with van der Waals surface area (Å²) in [7, 11) is 0. The van der Waals surface area contributed by atoms with E-state index in [0.717, 1.165) is 13.0 Å². The molecule has 2 aromatic carbocycles. The Labute approximate surface area is 147 Å². The van der Waals surface area contributed by atoms with Gasteiger partial charge in [-0.05, 0) is 50.1 Å². The van der Waals surface area contributed by atoms with E-state index in [1.54, 1.807) is 24.3 Å². The van der Waals surface area contributed by atoms with E-state index in [0.29, 0.717) is 23.7 Å². The molecule has 1 heterocycles. The number of nitrogens with one attached hydrogen (secondary N) is 1. The number of nitrogens with two attached hydrogens (primary N) is 1. The summed E-state index contributed by atoms with van der Waals surface area (Å²) in [6.45, 7) is 5.66. The molecule has 25 heavy (non-hydrogen) atoms. The predicted octanol–water partition coefficient (Wildman–Crippen LogP) is 3.42. The van der Waals surface area contributed by atoms with Gasteiger partial charge in [0.25, 0.3) is 0 Å². The molecule has 5 heteroatoms. The van der Waals surface area contributed by atoms with Gasteiger partial charge >= 0.3 is 6.03 Å². The van der Waals surface area contributed by atoms with Crippen LogP contribution in [0.25, 0.3) is 0 Å². The number of likely N-dealkylation sites (tertiary alicyclic amines) is 1. The zero-order valence-electron chi connectivity index (χ0n) is 14.6. The number of hydrogen-bond acceptors (Lipinski definition) is 2. The van der Waals surface area contributed by atoms with Crippen LogP contribution in [0.2, 0.25) is 0 Å². The molecule has 0 aliphatic carbocycles. The third kappa shape index (κ3) is 3.99. The quantitative estimate of drug-likeness (QED) is 0.900. The number of carbonyl (C=O) groups excluding carboxylic acids is 2. The van der Waals surface area contributed by atoms with E-state index in [1.807, 2.05) is 4.90 Å². The van der Waals surface area contributed by atoms with Gasteiger partial charge < -0.3 is 16.0 Å². The van der Waals surface area contributed by atoms with Crippen molar-refractivity contribution in [3.8, 4) is 0 Å². The van der Waals surface area contributed by atoms with Crippen molar-refractivity contribution in [2.24, 2.45) is 5.73 Å². The van der Waals surface area contributed by atoms with Gasteiger partial charge in [-0.1, -0.05) is 29.3 Å². The average molecular weight is 337 g/mol. The zero-order chi connectivity index (χ0) is 18.0. The van der Waals surface area contributed by atoms with E-state index in [-0.39, 0.29) is 6.03 Å². The minimum atomic E-state index is -0.478. The molecule has 5 nitrogen and oxygen atoms in total. The number of nitrogens with zero attached hydrogens (tertiary/aromatic N) is 1. The van der Waals surface area contributed by atoms with Crippen molar-refractivity contribution >= 4 is 17.6 Å². The molecular formula is C20H23N3O2. The van der Waals surface area contributed by atoms with Crippen molar-refractivity contribution in [1.29, 1.82) is 0 Å². The second kappa shape index (κ2) is 6.97. The van der Waals surface area contributed by atoms with E-state index >= 15 is 0 Å². The van der Waals surface area contributed by atoms with E-state index in [1.165, 1.54) is 16.7 Å². The topological polar surface area (TPSA) is 75.4 Å². The fourth-order valence-corrected chi connectivity index (χ4v) is 3.38. The summed E-state index contributed by atoms with van der Waals surface area (Å²) in [5, 5.41) is 2.88. The van der Waals surface area contributed by atoms with Crippen LogP contribution in [-0.2, 0) is 0 Å². The summed E-state index contributed by atoms with van der Waals surface area (Å²) in [5.41, 5.74) is 10.1. The summed E-state index contributed by atoms with van der Waals surface area (Å²) < 4.78 is 0. The monoisotopic (exact) mass is 337 g/mol. The van der Waals surface area contributed by atoms with Crippen LogP contribution in [0.3, 0.4) is 0 Å². The average Bonchev–Trinajstić information content (AvgIpc) is 3.04. The van der Waals surface area contributed by atoms with Crippen molar-refractivity contribution < 1.29 is 9.59 Å². The molecule has 2 aromatic rings. The Bertz CT molecular complexity index is 779. The minimum Gasteiger partial charge on any atom is -0.366 e. The third-order valence-electron chi connectivity index (χ3n) is 4.61. The normalized spacial score (nSPS) is 16.7. The van der Waals surface area contributed by atoms with Crippen molar-refractivity contribution in [2.45, 2.75) is 26.2 Å². The molecule has 1 aliphatic heterocycles. The molecule has 1 aliphatic rings. The van der Waals surface area contributed by atoms with E-state index < -0.39 is 5.91 Å². The molecule has 0 bridgehead atoms. The van der Waals surface area contributed by atoms with Gasteiger partial charge in [0, 0.05) is 30.3 Å². The van der Waals surface area contributed by atoms with E-state index in [9.17, 15) is 9.59 Å². The largest absolute Gasteiger partial charge is 0.366 e. The summed E-state index contributed by atoms with van der Waals surface area (Å²) in [5.74, 6) is -0.102. The molecule has 1 fully saturated rings. The lowest BCUT2D eigenvalue weighted by Gasteiger charge is -2.18. The Morgan fingerprint density at radius 1 is 1.08 bits per heavy atom. The van der Waals surface area contributed by atoms with Crippen LogP contribution in [0.4, 0.5) is 10.5 Å². The second-order valence-electron chi connectivity index (χ2n) is 6.72. The van der Waals surface area contributed by atoms with Gasteiger partial charge in [-0.25, -0.2) is 4.79 Å². The van der Waals surface area contributed by atoms with Crippen molar-refractivity contribution in [3.05, 3.63) is 64.7 Å². The highest BCUT2D eigenvalue weighted by molar-refractivity contribution is 5.94. The Morgan fingerprint density at radius 3 is 2.32 bits per heavy atom. The van der Waals surface area contributed by atoms with Crippen molar-refractivity contribution in [2.75, 3.05) is 18.4 Å². The molecule has 1 atom stereocenters. The SMILES string of the molecule is Cc1cc(C)cc(C2CCN(C(=O)Nc3ccc(C(N)=O)cc3)C2)c1. The number of benzene rings is 2. The fourth-order valence-electron chi connectivity index (χ4n) is 3.38. The number of aryl methyl sites for hydroxylation is 2. The summed E-state index contributed by atoms with van der Waals surface area (Å²) >= 11 is 0. The first-order valence-corrected chi connectivity index (χ1v) is 8.46. The third-order valence-corrected chi connectivity index (χ3v) is 4.61. The molecule has 3 rings (SSSR count). The standard InChI is InChI=1S/C20H23N3O2/c1-13-9-14(2)11-17(10-13)16-7-8-23(12-16)20(25)22-18-5-3-15(4-6-18)19(21)24/h3-6,9-11,16H,7-8,12H2,1-2H3,(H2,21,24)(H,22,25). The lowest BCUT2D eigenvalue weighted by molar-refractivity contribution is 0.100. The van der Waals surface area contributed by atoms with Crippen LogP contribution in [0.15, 0.2) is 42.5 Å². The maximum atomic E-state index is 12.5. The highest BCUT2D eigenvalue weighted by Gasteiger charge is 2.27. The maximum Gasteiger partial charge on any atom is 0.321 e. The van der Waals surface area contributed by atoms with Gasteiger partial charge in [-0.15, -0.1) is 0 Å². The summed E-state index contributed by atoms with van der Waals surface area (Å²) in [6.07, 6.45) is 0.969. The molecule has 0 spiro atoms. The lowest BCUT2D eigenvalue weighted by atomic mass is 9.95. The van der Waals surface area contributed by atoms with Crippen LogP contribution in [0.5, 0.6) is 0 Å². The molecule has 3 amide bonds. The van der Waals surface area contributed by atoms with Gasteiger partial charge in [0.1, 0.15) is 0 Å². The van der Waals surface area contributed by atoms with Gasteiger partial charge in [0.2, 0.25) is 5.91 Å². The van der Waals surface area contributed by atoms with Crippen LogP contribution in [0.1, 0.15) is 39.4 Å². The molecule has 0 aromatic heterocycles. The smallest absolute Gasteiger partial charge is 0.321 e. The molecule has 130 valence electrons. The predicted molar refractivity (Wildman–Crippen MR) is 98.8 cm³/mol. The van der Waals surface area contributed by atoms with Gasteiger partial charge in [-0.3, -0.25) is 4.79 Å². The summed E-state index contributed by atoms with van der Waals surface area (Å²) in [6, 6.07) is 13.1. The van der Waals surface area contributed by atoms with Gasteiger partial charge in [-0.2, -0.15) is 0 Å². The Hall–Kier alpha value is -2.82. The van der Waals surface area contributed by atoms with Crippen LogP contribution in [-0.4, -0.2) is 29.9 Å². The molecule has 1 unspecified atom stereocenters.